The molecule has 2 amide bonds. The molecule has 1 aliphatic heterocycles. The predicted molar refractivity (Wildman–Crippen MR) is 81.7 cm³/mol. The van der Waals surface area contributed by atoms with Crippen LogP contribution in [0.5, 0.6) is 0 Å². The van der Waals surface area contributed by atoms with Crippen LogP contribution < -0.4 is 10.2 Å². The molecule has 21 heavy (non-hydrogen) atoms. The number of benzene rings is 1. The molecule has 0 saturated carbocycles. The zero-order valence-corrected chi connectivity index (χ0v) is 12.9. The Morgan fingerprint density at radius 2 is 2.19 bits per heavy atom. The number of hydrogen-bond donors (Lipinski definition) is 2. The molecule has 1 aliphatic rings. The minimum absolute atomic E-state index is 0.0550. The van der Waals surface area contributed by atoms with Gasteiger partial charge in [-0.2, -0.15) is 0 Å². The Balaban J connectivity index is 2.27. The van der Waals surface area contributed by atoms with E-state index in [0.29, 0.717) is 29.2 Å². The molecule has 0 spiro atoms. The average molecular weight is 311 g/mol. The summed E-state index contributed by atoms with van der Waals surface area (Å²) in [5.74, 6) is -0.313. The second-order valence-corrected chi connectivity index (χ2v) is 6.22. The van der Waals surface area contributed by atoms with Gasteiger partial charge < -0.3 is 15.3 Å². The Morgan fingerprint density at radius 3 is 2.76 bits per heavy atom. The van der Waals surface area contributed by atoms with Crippen LogP contribution in [0.2, 0.25) is 5.02 Å². The summed E-state index contributed by atoms with van der Waals surface area (Å²) in [6.07, 6.45) is 1.35. The maximum atomic E-state index is 12.3. The van der Waals surface area contributed by atoms with Crippen molar-refractivity contribution in [3.8, 4) is 0 Å². The number of aliphatic hydroxyl groups excluding tert-OH is 1. The Labute approximate surface area is 128 Å². The Hall–Kier alpha value is -1.59. The van der Waals surface area contributed by atoms with Crippen molar-refractivity contribution in [3.63, 3.8) is 0 Å². The molecular formula is C15H19ClN2O3. The number of hydrogen-bond acceptors (Lipinski definition) is 3. The summed E-state index contributed by atoms with van der Waals surface area (Å²) in [6, 6.07) is 4.97. The van der Waals surface area contributed by atoms with E-state index in [0.717, 1.165) is 6.42 Å². The molecule has 1 aromatic carbocycles. The number of anilines is 1. The topological polar surface area (TPSA) is 69.6 Å². The first-order valence-corrected chi connectivity index (χ1v) is 7.25. The van der Waals surface area contributed by atoms with Gasteiger partial charge in [0.05, 0.1) is 22.7 Å². The number of nitrogens with one attached hydrogen (secondary N) is 1. The van der Waals surface area contributed by atoms with E-state index in [1.54, 1.807) is 36.9 Å². The molecule has 1 heterocycles. The Bertz CT molecular complexity index is 572. The van der Waals surface area contributed by atoms with Gasteiger partial charge in [-0.25, -0.2) is 0 Å². The molecule has 6 heteroatoms. The first-order valence-electron chi connectivity index (χ1n) is 6.87. The molecule has 0 aromatic heterocycles. The first kappa shape index (κ1) is 15.8. The molecule has 0 bridgehead atoms. The number of halogens is 1. The van der Waals surface area contributed by atoms with E-state index >= 15 is 0 Å². The lowest BCUT2D eigenvalue weighted by Crippen LogP contribution is -2.46. The summed E-state index contributed by atoms with van der Waals surface area (Å²) in [5, 5.41) is 12.3. The molecule has 0 atom stereocenters. The molecule has 0 radical (unpaired) electrons. The van der Waals surface area contributed by atoms with Crippen molar-refractivity contribution in [2.45, 2.75) is 32.2 Å². The van der Waals surface area contributed by atoms with Gasteiger partial charge >= 0.3 is 0 Å². The van der Waals surface area contributed by atoms with E-state index in [4.69, 9.17) is 11.6 Å². The van der Waals surface area contributed by atoms with E-state index in [9.17, 15) is 14.7 Å². The minimum Gasteiger partial charge on any atom is -0.394 e. The van der Waals surface area contributed by atoms with E-state index in [1.165, 1.54) is 0 Å². The van der Waals surface area contributed by atoms with Crippen molar-refractivity contribution >= 4 is 29.1 Å². The van der Waals surface area contributed by atoms with Crippen LogP contribution >= 0.6 is 11.6 Å². The lowest BCUT2D eigenvalue weighted by molar-refractivity contribution is -0.117. The zero-order valence-electron chi connectivity index (χ0n) is 12.1. The van der Waals surface area contributed by atoms with Gasteiger partial charge in [0.15, 0.2) is 0 Å². The third kappa shape index (κ3) is 3.54. The van der Waals surface area contributed by atoms with Crippen molar-refractivity contribution in [2.24, 2.45) is 0 Å². The number of carbonyl (C=O) groups is 2. The normalized spacial score (nSPS) is 15.4. The highest BCUT2D eigenvalue weighted by molar-refractivity contribution is 6.34. The summed E-state index contributed by atoms with van der Waals surface area (Å²) in [4.78, 5) is 25.7. The lowest BCUT2D eigenvalue weighted by Gasteiger charge is -2.24. The molecule has 0 unspecified atom stereocenters. The van der Waals surface area contributed by atoms with Crippen LogP contribution in [0.1, 0.15) is 37.0 Å². The molecule has 1 aromatic rings. The summed E-state index contributed by atoms with van der Waals surface area (Å²) in [7, 11) is 0. The second kappa shape index (κ2) is 6.03. The molecule has 1 fully saturated rings. The predicted octanol–water partition coefficient (Wildman–Crippen LogP) is 1.97. The second-order valence-electron chi connectivity index (χ2n) is 5.81. The Morgan fingerprint density at radius 1 is 1.48 bits per heavy atom. The molecule has 0 aliphatic carbocycles. The van der Waals surface area contributed by atoms with Gasteiger partial charge in [0.1, 0.15) is 0 Å². The third-order valence-corrected chi connectivity index (χ3v) is 3.76. The van der Waals surface area contributed by atoms with Gasteiger partial charge in [0.25, 0.3) is 5.91 Å². The van der Waals surface area contributed by atoms with E-state index in [2.05, 4.69) is 5.32 Å². The Kier molecular flexibility index (Phi) is 4.54. The third-order valence-electron chi connectivity index (χ3n) is 3.43. The van der Waals surface area contributed by atoms with Crippen LogP contribution in [0.4, 0.5) is 5.69 Å². The van der Waals surface area contributed by atoms with E-state index in [1.807, 2.05) is 0 Å². The van der Waals surface area contributed by atoms with Crippen LogP contribution in [-0.4, -0.2) is 35.6 Å². The maximum absolute atomic E-state index is 12.3. The SMILES string of the molecule is CC(C)(CO)NC(=O)c1cc(N2CCCC2=O)ccc1Cl. The molecule has 2 N–H and O–H groups in total. The summed E-state index contributed by atoms with van der Waals surface area (Å²) in [5.41, 5.74) is 0.240. The van der Waals surface area contributed by atoms with Crippen molar-refractivity contribution in [1.82, 2.24) is 5.32 Å². The van der Waals surface area contributed by atoms with E-state index < -0.39 is 5.54 Å². The van der Waals surface area contributed by atoms with Crippen LogP contribution in [-0.2, 0) is 4.79 Å². The van der Waals surface area contributed by atoms with Crippen LogP contribution in [0.25, 0.3) is 0 Å². The standard InChI is InChI=1S/C15H19ClN2O3/c1-15(2,9-19)17-14(21)11-8-10(5-6-12(11)16)18-7-3-4-13(18)20/h5-6,8,19H,3-4,7,9H2,1-2H3,(H,17,21). The molecule has 5 nitrogen and oxygen atoms in total. The number of amides is 2. The summed E-state index contributed by atoms with van der Waals surface area (Å²) >= 11 is 6.08. The average Bonchev–Trinajstić information content (AvgIpc) is 2.85. The molecule has 114 valence electrons. The highest BCUT2D eigenvalue weighted by atomic mass is 35.5. The van der Waals surface area contributed by atoms with Gasteiger partial charge in [-0.1, -0.05) is 11.6 Å². The summed E-state index contributed by atoms with van der Waals surface area (Å²) in [6.45, 7) is 3.91. The van der Waals surface area contributed by atoms with Gasteiger partial charge in [0, 0.05) is 18.7 Å². The lowest BCUT2D eigenvalue weighted by atomic mass is 10.1. The fraction of sp³-hybridized carbons (Fsp3) is 0.467. The van der Waals surface area contributed by atoms with E-state index in [-0.39, 0.29) is 18.4 Å². The number of aliphatic hydroxyl groups is 1. The highest BCUT2D eigenvalue weighted by Crippen LogP contribution is 2.26. The zero-order chi connectivity index (χ0) is 15.6. The minimum atomic E-state index is -0.736. The molecule has 1 saturated heterocycles. The van der Waals surface area contributed by atoms with Gasteiger partial charge in [-0.05, 0) is 38.5 Å². The van der Waals surface area contributed by atoms with Crippen LogP contribution in [0.3, 0.4) is 0 Å². The molecule has 2 rings (SSSR count). The monoisotopic (exact) mass is 310 g/mol. The summed E-state index contributed by atoms with van der Waals surface area (Å²) < 4.78 is 0. The largest absolute Gasteiger partial charge is 0.394 e. The van der Waals surface area contributed by atoms with Gasteiger partial charge in [-0.15, -0.1) is 0 Å². The fourth-order valence-corrected chi connectivity index (χ4v) is 2.39. The first-order chi connectivity index (χ1) is 9.84. The van der Waals surface area contributed by atoms with Crippen LogP contribution in [0, 0.1) is 0 Å². The fourth-order valence-electron chi connectivity index (χ4n) is 2.19. The number of rotatable bonds is 4. The van der Waals surface area contributed by atoms with Crippen LogP contribution in [0.15, 0.2) is 18.2 Å². The van der Waals surface area contributed by atoms with Crippen molar-refractivity contribution in [1.29, 1.82) is 0 Å². The quantitative estimate of drug-likeness (QED) is 0.893. The smallest absolute Gasteiger partial charge is 0.253 e. The highest BCUT2D eigenvalue weighted by Gasteiger charge is 2.25. The van der Waals surface area contributed by atoms with Gasteiger partial charge in [0.2, 0.25) is 5.91 Å². The maximum Gasteiger partial charge on any atom is 0.253 e. The molecular weight excluding hydrogens is 292 g/mol. The van der Waals surface area contributed by atoms with Crippen molar-refractivity contribution < 1.29 is 14.7 Å². The van der Waals surface area contributed by atoms with Crippen molar-refractivity contribution in [2.75, 3.05) is 18.1 Å². The number of nitrogens with zero attached hydrogens (tertiary/aromatic N) is 1. The van der Waals surface area contributed by atoms with Crippen molar-refractivity contribution in [3.05, 3.63) is 28.8 Å². The number of carbonyl (C=O) groups excluding carboxylic acids is 2. The van der Waals surface area contributed by atoms with Gasteiger partial charge in [-0.3, -0.25) is 9.59 Å².